The van der Waals surface area contributed by atoms with Crippen molar-refractivity contribution in [3.05, 3.63) is 11.8 Å². The average molecular weight is 278 g/mol. The average Bonchev–Trinajstić information content (AvgIpc) is 2.47. The van der Waals surface area contributed by atoms with Gasteiger partial charge in [-0.1, -0.05) is 0 Å². The van der Waals surface area contributed by atoms with Crippen molar-refractivity contribution >= 4 is 11.8 Å². The van der Waals surface area contributed by atoms with Crippen LogP contribution in [0, 0.1) is 12.3 Å². The maximum atomic E-state index is 9.96. The van der Waals surface area contributed by atoms with Crippen molar-refractivity contribution in [2.45, 2.75) is 38.4 Å². The second kappa shape index (κ2) is 4.86. The van der Waals surface area contributed by atoms with Crippen LogP contribution >= 0.6 is 0 Å². The number of piperidine rings is 1. The third-order valence-corrected chi connectivity index (χ3v) is 4.85. The molecule has 1 aromatic rings. The highest BCUT2D eigenvalue weighted by atomic mass is 16.3. The molecule has 0 unspecified atom stereocenters. The molecule has 0 bridgehead atoms. The molecule has 110 valence electrons. The Labute approximate surface area is 118 Å². The largest absolute Gasteiger partial charge is 0.392 e. The highest BCUT2D eigenvalue weighted by Gasteiger charge is 2.54. The molecule has 6 heteroatoms. The number of hydrogen-bond acceptors (Lipinski definition) is 6. The molecule has 1 saturated heterocycles. The predicted octanol–water partition coefficient (Wildman–Crippen LogP) is 0.539. The SMILES string of the molecule is CNc1cc(C)nc(N2CCC3(CC2)[C@H](O)C[C@@H]3O)n1. The zero-order valence-corrected chi connectivity index (χ0v) is 12.0. The molecule has 1 aromatic heterocycles. The van der Waals surface area contributed by atoms with Crippen molar-refractivity contribution in [1.29, 1.82) is 0 Å². The first-order valence-corrected chi connectivity index (χ1v) is 7.20. The van der Waals surface area contributed by atoms with Crippen LogP contribution in [0.15, 0.2) is 6.07 Å². The van der Waals surface area contributed by atoms with E-state index in [4.69, 9.17) is 0 Å². The van der Waals surface area contributed by atoms with E-state index in [-0.39, 0.29) is 17.6 Å². The number of rotatable bonds is 2. The summed E-state index contributed by atoms with van der Waals surface area (Å²) in [6.07, 6.45) is 1.39. The van der Waals surface area contributed by atoms with Crippen LogP contribution in [0.5, 0.6) is 0 Å². The van der Waals surface area contributed by atoms with Crippen LogP contribution < -0.4 is 10.2 Å². The molecule has 1 saturated carbocycles. The summed E-state index contributed by atoms with van der Waals surface area (Å²) in [6.45, 7) is 3.51. The van der Waals surface area contributed by atoms with Gasteiger partial charge in [0.1, 0.15) is 5.82 Å². The monoisotopic (exact) mass is 278 g/mol. The third kappa shape index (κ3) is 2.03. The summed E-state index contributed by atoms with van der Waals surface area (Å²) in [5, 5.41) is 23.0. The van der Waals surface area contributed by atoms with Gasteiger partial charge >= 0.3 is 0 Å². The van der Waals surface area contributed by atoms with Crippen LogP contribution in [0.25, 0.3) is 0 Å². The third-order valence-electron chi connectivity index (χ3n) is 4.85. The van der Waals surface area contributed by atoms with E-state index in [0.29, 0.717) is 6.42 Å². The van der Waals surface area contributed by atoms with Crippen LogP contribution in [0.4, 0.5) is 11.8 Å². The molecule has 20 heavy (non-hydrogen) atoms. The Morgan fingerprint density at radius 2 is 1.90 bits per heavy atom. The highest BCUT2D eigenvalue weighted by Crippen LogP contribution is 2.49. The van der Waals surface area contributed by atoms with Crippen molar-refractivity contribution in [2.75, 3.05) is 30.4 Å². The van der Waals surface area contributed by atoms with E-state index in [1.807, 2.05) is 20.0 Å². The highest BCUT2D eigenvalue weighted by molar-refractivity contribution is 5.43. The van der Waals surface area contributed by atoms with Crippen LogP contribution in [0.1, 0.15) is 25.0 Å². The first kappa shape index (κ1) is 13.6. The van der Waals surface area contributed by atoms with Crippen LogP contribution in [0.3, 0.4) is 0 Å². The summed E-state index contributed by atoms with van der Waals surface area (Å²) in [6, 6.07) is 1.91. The maximum absolute atomic E-state index is 9.96. The van der Waals surface area contributed by atoms with Crippen molar-refractivity contribution in [1.82, 2.24) is 9.97 Å². The van der Waals surface area contributed by atoms with E-state index >= 15 is 0 Å². The van der Waals surface area contributed by atoms with Gasteiger partial charge in [-0.25, -0.2) is 4.98 Å². The van der Waals surface area contributed by atoms with Gasteiger partial charge in [0.15, 0.2) is 0 Å². The Bertz CT molecular complexity index is 490. The lowest BCUT2D eigenvalue weighted by Crippen LogP contribution is -2.61. The van der Waals surface area contributed by atoms with Crippen LogP contribution in [0.2, 0.25) is 0 Å². The van der Waals surface area contributed by atoms with Gasteiger partial charge in [-0.2, -0.15) is 4.98 Å². The van der Waals surface area contributed by atoms with E-state index in [2.05, 4.69) is 20.2 Å². The minimum atomic E-state index is -0.356. The van der Waals surface area contributed by atoms with Gasteiger partial charge in [-0.3, -0.25) is 0 Å². The number of hydrogen-bond donors (Lipinski definition) is 3. The van der Waals surface area contributed by atoms with E-state index in [1.165, 1.54) is 0 Å². The number of aliphatic hydroxyl groups is 2. The van der Waals surface area contributed by atoms with Crippen LogP contribution in [-0.4, -0.2) is 52.5 Å². The Morgan fingerprint density at radius 3 is 2.45 bits per heavy atom. The summed E-state index contributed by atoms with van der Waals surface area (Å²) in [5.41, 5.74) is 0.648. The summed E-state index contributed by atoms with van der Waals surface area (Å²) < 4.78 is 0. The van der Waals surface area contributed by atoms with E-state index < -0.39 is 0 Å². The first-order valence-electron chi connectivity index (χ1n) is 7.20. The van der Waals surface area contributed by atoms with Crippen molar-refractivity contribution < 1.29 is 10.2 Å². The number of aliphatic hydroxyl groups excluding tert-OH is 2. The number of nitrogens with one attached hydrogen (secondary N) is 1. The fraction of sp³-hybridized carbons (Fsp3) is 0.714. The van der Waals surface area contributed by atoms with Gasteiger partial charge in [0, 0.05) is 43.7 Å². The van der Waals surface area contributed by atoms with Gasteiger partial charge in [0.05, 0.1) is 12.2 Å². The van der Waals surface area contributed by atoms with E-state index in [1.54, 1.807) is 0 Å². The van der Waals surface area contributed by atoms with Gasteiger partial charge < -0.3 is 20.4 Å². The Balaban J connectivity index is 1.74. The van der Waals surface area contributed by atoms with Crippen molar-refractivity contribution in [3.8, 4) is 0 Å². The lowest BCUT2D eigenvalue weighted by atomic mass is 9.58. The molecule has 3 N–H and O–H groups in total. The fourth-order valence-corrected chi connectivity index (χ4v) is 3.35. The molecule has 2 aliphatic rings. The quantitative estimate of drug-likeness (QED) is 0.732. The normalized spacial score (nSPS) is 28.3. The van der Waals surface area contributed by atoms with Gasteiger partial charge in [0.2, 0.25) is 5.95 Å². The predicted molar refractivity (Wildman–Crippen MR) is 76.8 cm³/mol. The van der Waals surface area contributed by atoms with Gasteiger partial charge in [-0.05, 0) is 19.8 Å². The lowest BCUT2D eigenvalue weighted by Gasteiger charge is -2.55. The molecule has 0 aromatic carbocycles. The van der Waals surface area contributed by atoms with Crippen molar-refractivity contribution in [3.63, 3.8) is 0 Å². The smallest absolute Gasteiger partial charge is 0.227 e. The second-order valence-corrected chi connectivity index (χ2v) is 5.93. The molecule has 1 aliphatic carbocycles. The number of nitrogens with zero attached hydrogens (tertiary/aromatic N) is 3. The molecule has 0 amide bonds. The minimum Gasteiger partial charge on any atom is -0.392 e. The van der Waals surface area contributed by atoms with Gasteiger partial charge in [0.25, 0.3) is 0 Å². The van der Waals surface area contributed by atoms with Crippen LogP contribution in [-0.2, 0) is 0 Å². The lowest BCUT2D eigenvalue weighted by molar-refractivity contribution is -0.178. The molecule has 1 aliphatic heterocycles. The Hall–Kier alpha value is -1.40. The van der Waals surface area contributed by atoms with E-state index in [0.717, 1.165) is 43.4 Å². The summed E-state index contributed by atoms with van der Waals surface area (Å²) in [5.74, 6) is 1.55. The maximum Gasteiger partial charge on any atom is 0.227 e. The minimum absolute atomic E-state index is 0.286. The zero-order valence-electron chi connectivity index (χ0n) is 12.0. The molecule has 1 spiro atoms. The molecule has 6 nitrogen and oxygen atoms in total. The number of aryl methyl sites for hydroxylation is 1. The molecule has 2 fully saturated rings. The molecular weight excluding hydrogens is 256 g/mol. The summed E-state index contributed by atoms with van der Waals surface area (Å²) in [4.78, 5) is 11.1. The Kier molecular flexibility index (Phi) is 3.30. The molecular formula is C14H22N4O2. The van der Waals surface area contributed by atoms with E-state index in [9.17, 15) is 10.2 Å². The van der Waals surface area contributed by atoms with Gasteiger partial charge in [-0.15, -0.1) is 0 Å². The second-order valence-electron chi connectivity index (χ2n) is 5.93. The molecule has 2 atom stereocenters. The molecule has 0 radical (unpaired) electrons. The van der Waals surface area contributed by atoms with Crippen molar-refractivity contribution in [2.24, 2.45) is 5.41 Å². The first-order chi connectivity index (χ1) is 9.55. The summed E-state index contributed by atoms with van der Waals surface area (Å²) in [7, 11) is 1.85. The Morgan fingerprint density at radius 1 is 1.25 bits per heavy atom. The number of aromatic nitrogens is 2. The standard InChI is InChI=1S/C14H22N4O2/c1-9-7-12(15-2)17-13(16-9)18-5-3-14(4-6-18)10(19)8-11(14)20/h7,10-11,19-20H,3-6,8H2,1-2H3,(H,15,16,17)/t10-,11+. The topological polar surface area (TPSA) is 81.5 Å². The molecule has 2 heterocycles. The summed E-state index contributed by atoms with van der Waals surface area (Å²) >= 11 is 0. The number of anilines is 2. The fourth-order valence-electron chi connectivity index (χ4n) is 3.35. The molecule has 3 rings (SSSR count). The zero-order chi connectivity index (χ0) is 14.3.